The summed E-state index contributed by atoms with van der Waals surface area (Å²) in [4.78, 5) is 8.66. The Morgan fingerprint density at radius 2 is 2.00 bits per heavy atom. The SMILES string of the molecule is OC(c1ncccc1Cl)C1CCCc2cccnc21. The van der Waals surface area contributed by atoms with Crippen LogP contribution in [0.5, 0.6) is 0 Å². The van der Waals surface area contributed by atoms with Crippen molar-refractivity contribution in [2.75, 3.05) is 0 Å². The van der Waals surface area contributed by atoms with Gasteiger partial charge in [0.15, 0.2) is 0 Å². The van der Waals surface area contributed by atoms with Crippen LogP contribution >= 0.6 is 11.6 Å². The maximum absolute atomic E-state index is 10.6. The summed E-state index contributed by atoms with van der Waals surface area (Å²) in [5.41, 5.74) is 2.76. The predicted molar refractivity (Wildman–Crippen MR) is 74.1 cm³/mol. The van der Waals surface area contributed by atoms with E-state index in [2.05, 4.69) is 16.0 Å². The quantitative estimate of drug-likeness (QED) is 0.914. The van der Waals surface area contributed by atoms with Crippen LogP contribution in [-0.4, -0.2) is 15.1 Å². The number of hydrogen-bond acceptors (Lipinski definition) is 3. The maximum Gasteiger partial charge on any atom is 0.106 e. The first-order valence-corrected chi connectivity index (χ1v) is 6.87. The zero-order valence-electron chi connectivity index (χ0n) is 10.5. The fraction of sp³-hybridized carbons (Fsp3) is 0.333. The van der Waals surface area contributed by atoms with Crippen LogP contribution in [-0.2, 0) is 6.42 Å². The van der Waals surface area contributed by atoms with Crippen LogP contribution in [0.1, 0.15) is 41.8 Å². The second kappa shape index (κ2) is 5.27. The van der Waals surface area contributed by atoms with E-state index in [1.54, 1.807) is 24.5 Å². The summed E-state index contributed by atoms with van der Waals surface area (Å²) in [5.74, 6) is -0.0163. The smallest absolute Gasteiger partial charge is 0.106 e. The summed E-state index contributed by atoms with van der Waals surface area (Å²) in [6, 6.07) is 7.56. The van der Waals surface area contributed by atoms with E-state index in [1.165, 1.54) is 5.56 Å². The molecule has 0 aromatic carbocycles. The topological polar surface area (TPSA) is 46.0 Å². The lowest BCUT2D eigenvalue weighted by Gasteiger charge is -2.28. The second-order valence-electron chi connectivity index (χ2n) is 4.86. The molecule has 1 aliphatic carbocycles. The molecule has 2 atom stereocenters. The highest BCUT2D eigenvalue weighted by Gasteiger charge is 2.30. The molecule has 0 saturated carbocycles. The zero-order valence-corrected chi connectivity index (χ0v) is 11.2. The molecule has 0 amide bonds. The van der Waals surface area contributed by atoms with Crippen molar-refractivity contribution < 1.29 is 5.11 Å². The van der Waals surface area contributed by atoms with E-state index in [4.69, 9.17) is 11.6 Å². The van der Waals surface area contributed by atoms with Gasteiger partial charge in [0.05, 0.1) is 10.7 Å². The van der Waals surface area contributed by atoms with Crippen molar-refractivity contribution in [3.05, 3.63) is 58.6 Å². The lowest BCUT2D eigenvalue weighted by atomic mass is 9.82. The van der Waals surface area contributed by atoms with Crippen molar-refractivity contribution >= 4 is 11.6 Å². The number of hydrogen-bond donors (Lipinski definition) is 1. The van der Waals surface area contributed by atoms with E-state index in [0.29, 0.717) is 10.7 Å². The molecule has 0 radical (unpaired) electrons. The van der Waals surface area contributed by atoms with Gasteiger partial charge >= 0.3 is 0 Å². The number of aliphatic hydroxyl groups is 1. The van der Waals surface area contributed by atoms with Crippen LogP contribution in [0.3, 0.4) is 0 Å². The molecule has 1 aliphatic rings. The zero-order chi connectivity index (χ0) is 13.2. The monoisotopic (exact) mass is 274 g/mol. The van der Waals surface area contributed by atoms with Crippen LogP contribution in [0.25, 0.3) is 0 Å². The first kappa shape index (κ1) is 12.6. The van der Waals surface area contributed by atoms with E-state index < -0.39 is 6.10 Å². The van der Waals surface area contributed by atoms with Crippen LogP contribution < -0.4 is 0 Å². The lowest BCUT2D eigenvalue weighted by Crippen LogP contribution is -2.19. The van der Waals surface area contributed by atoms with Gasteiger partial charge in [-0.25, -0.2) is 0 Å². The average Bonchev–Trinajstić information content (AvgIpc) is 2.46. The molecular weight excluding hydrogens is 260 g/mol. The third-order valence-corrected chi connectivity index (χ3v) is 4.01. The number of nitrogens with zero attached hydrogens (tertiary/aromatic N) is 2. The van der Waals surface area contributed by atoms with Gasteiger partial charge in [-0.2, -0.15) is 0 Å². The maximum atomic E-state index is 10.6. The van der Waals surface area contributed by atoms with Gasteiger partial charge in [0.2, 0.25) is 0 Å². The number of halogens is 1. The standard InChI is InChI=1S/C15H15ClN2O/c16-12-7-3-9-18-14(12)15(19)11-6-1-4-10-5-2-8-17-13(10)11/h2-3,5,7-9,11,15,19H,1,4,6H2. The Hall–Kier alpha value is -1.45. The summed E-state index contributed by atoms with van der Waals surface area (Å²) >= 11 is 6.12. The molecule has 2 aromatic rings. The largest absolute Gasteiger partial charge is 0.386 e. The minimum absolute atomic E-state index is 0.0163. The van der Waals surface area contributed by atoms with E-state index in [-0.39, 0.29) is 5.92 Å². The van der Waals surface area contributed by atoms with E-state index in [9.17, 15) is 5.11 Å². The Balaban J connectivity index is 1.98. The Kier molecular flexibility index (Phi) is 3.49. The molecule has 19 heavy (non-hydrogen) atoms. The van der Waals surface area contributed by atoms with Crippen LogP contribution in [0.15, 0.2) is 36.7 Å². The molecule has 0 saturated heterocycles. The average molecular weight is 275 g/mol. The first-order chi connectivity index (χ1) is 9.27. The van der Waals surface area contributed by atoms with Gasteiger partial charge in [-0.1, -0.05) is 17.7 Å². The second-order valence-corrected chi connectivity index (χ2v) is 5.27. The minimum Gasteiger partial charge on any atom is -0.386 e. The number of pyridine rings is 2. The summed E-state index contributed by atoms with van der Waals surface area (Å²) in [6.45, 7) is 0. The van der Waals surface area contributed by atoms with Crippen LogP contribution in [0.2, 0.25) is 5.02 Å². The van der Waals surface area contributed by atoms with Gasteiger partial charge in [0.1, 0.15) is 6.10 Å². The number of fused-ring (bicyclic) bond motifs is 1. The summed E-state index contributed by atoms with van der Waals surface area (Å²) in [7, 11) is 0. The Bertz CT molecular complexity index is 588. The van der Waals surface area contributed by atoms with Crippen molar-refractivity contribution in [2.24, 2.45) is 0 Å². The number of aliphatic hydroxyl groups excluding tert-OH is 1. The van der Waals surface area contributed by atoms with E-state index in [0.717, 1.165) is 25.0 Å². The molecule has 2 heterocycles. The molecule has 0 spiro atoms. The van der Waals surface area contributed by atoms with Crippen molar-refractivity contribution in [3.63, 3.8) is 0 Å². The normalized spacial score (nSPS) is 19.8. The number of rotatable bonds is 2. The summed E-state index contributed by atoms with van der Waals surface area (Å²) in [6.07, 6.45) is 5.75. The first-order valence-electron chi connectivity index (χ1n) is 6.49. The minimum atomic E-state index is -0.692. The Morgan fingerprint density at radius 3 is 2.84 bits per heavy atom. The molecule has 0 fully saturated rings. The van der Waals surface area contributed by atoms with Gasteiger partial charge in [0.25, 0.3) is 0 Å². The molecule has 0 aliphatic heterocycles. The van der Waals surface area contributed by atoms with Crippen LogP contribution in [0, 0.1) is 0 Å². The van der Waals surface area contributed by atoms with Gasteiger partial charge in [-0.05, 0) is 43.0 Å². The van der Waals surface area contributed by atoms with Gasteiger partial charge in [-0.3, -0.25) is 9.97 Å². The molecule has 3 rings (SSSR count). The molecule has 3 nitrogen and oxygen atoms in total. The fourth-order valence-corrected chi connectivity index (χ4v) is 2.99. The van der Waals surface area contributed by atoms with Gasteiger partial charge in [-0.15, -0.1) is 0 Å². The van der Waals surface area contributed by atoms with E-state index in [1.807, 2.05) is 6.07 Å². The van der Waals surface area contributed by atoms with Crippen LogP contribution in [0.4, 0.5) is 0 Å². The highest BCUT2D eigenvalue weighted by molar-refractivity contribution is 6.31. The third-order valence-electron chi connectivity index (χ3n) is 3.69. The van der Waals surface area contributed by atoms with Crippen molar-refractivity contribution in [1.29, 1.82) is 0 Å². The highest BCUT2D eigenvalue weighted by atomic mass is 35.5. The molecule has 0 bridgehead atoms. The molecule has 1 N–H and O–H groups in total. The van der Waals surface area contributed by atoms with Crippen molar-refractivity contribution in [2.45, 2.75) is 31.3 Å². The molecule has 2 unspecified atom stereocenters. The van der Waals surface area contributed by atoms with Gasteiger partial charge in [0, 0.05) is 24.0 Å². The van der Waals surface area contributed by atoms with Crippen molar-refractivity contribution in [1.82, 2.24) is 9.97 Å². The summed E-state index contributed by atoms with van der Waals surface area (Å²) < 4.78 is 0. The number of aryl methyl sites for hydroxylation is 1. The number of aromatic nitrogens is 2. The third kappa shape index (κ3) is 2.36. The molecule has 98 valence electrons. The summed E-state index contributed by atoms with van der Waals surface area (Å²) in [5, 5.41) is 11.1. The van der Waals surface area contributed by atoms with Gasteiger partial charge < -0.3 is 5.11 Å². The predicted octanol–water partition coefficient (Wildman–Crippen LogP) is 3.28. The molecular formula is C15H15ClN2O. The highest BCUT2D eigenvalue weighted by Crippen LogP contribution is 2.40. The van der Waals surface area contributed by atoms with E-state index >= 15 is 0 Å². The lowest BCUT2D eigenvalue weighted by molar-refractivity contribution is 0.129. The van der Waals surface area contributed by atoms with Crippen molar-refractivity contribution in [3.8, 4) is 0 Å². The Labute approximate surface area is 117 Å². The molecule has 2 aromatic heterocycles. The Morgan fingerprint density at radius 1 is 1.21 bits per heavy atom. The fourth-order valence-electron chi connectivity index (χ4n) is 2.76. The molecule has 4 heteroatoms.